The molecule has 1 aliphatic rings. The van der Waals surface area contributed by atoms with Gasteiger partial charge in [0.25, 0.3) is 0 Å². The Hall–Kier alpha value is -0.880. The van der Waals surface area contributed by atoms with Crippen molar-refractivity contribution in [1.29, 1.82) is 0 Å². The van der Waals surface area contributed by atoms with Crippen LogP contribution in [0.3, 0.4) is 0 Å². The molecule has 5 nitrogen and oxygen atoms in total. The summed E-state index contributed by atoms with van der Waals surface area (Å²) in [7, 11) is -3.54. The van der Waals surface area contributed by atoms with Gasteiger partial charge in [0.15, 0.2) is 0 Å². The van der Waals surface area contributed by atoms with Crippen LogP contribution < -0.4 is 5.73 Å². The summed E-state index contributed by atoms with van der Waals surface area (Å²) >= 11 is 0. The maximum atomic E-state index is 11.5. The lowest BCUT2D eigenvalue weighted by molar-refractivity contribution is -0.122. The molecule has 1 fully saturated rings. The zero-order chi connectivity index (χ0) is 10.8. The summed E-state index contributed by atoms with van der Waals surface area (Å²) in [6.07, 6.45) is 2.88. The van der Waals surface area contributed by atoms with Gasteiger partial charge in [0.2, 0.25) is 15.9 Å². The van der Waals surface area contributed by atoms with Gasteiger partial charge in [-0.2, -0.15) is 4.31 Å². The minimum absolute atomic E-state index is 0.294. The van der Waals surface area contributed by atoms with E-state index < -0.39 is 22.0 Å². The number of carbonyl (C=O) groups excluding carboxylic acids is 1. The first-order valence-corrected chi connectivity index (χ1v) is 5.74. The van der Waals surface area contributed by atoms with Crippen LogP contribution in [0, 0.1) is 6.42 Å². The van der Waals surface area contributed by atoms with E-state index in [9.17, 15) is 13.2 Å². The number of carbonyl (C=O) groups is 1. The number of primary amides is 1. The van der Waals surface area contributed by atoms with Gasteiger partial charge in [-0.3, -0.25) is 4.79 Å². The summed E-state index contributed by atoms with van der Waals surface area (Å²) in [6.45, 7) is 3.50. The highest BCUT2D eigenvalue weighted by molar-refractivity contribution is 7.92. The molecule has 14 heavy (non-hydrogen) atoms. The summed E-state index contributed by atoms with van der Waals surface area (Å²) in [4.78, 5) is 11.0. The lowest BCUT2D eigenvalue weighted by Crippen LogP contribution is -2.49. The predicted molar refractivity (Wildman–Crippen MR) is 52.3 cm³/mol. The summed E-state index contributed by atoms with van der Waals surface area (Å²) in [6, 6.07) is -0.758. The number of hydrogen-bond acceptors (Lipinski definition) is 3. The van der Waals surface area contributed by atoms with E-state index >= 15 is 0 Å². The highest BCUT2D eigenvalue weighted by Crippen LogP contribution is 2.19. The monoisotopic (exact) mass is 217 g/mol. The number of nitrogens with two attached hydrogens (primary N) is 1. The first-order valence-electron chi connectivity index (χ1n) is 4.24. The summed E-state index contributed by atoms with van der Waals surface area (Å²) in [5.74, 6) is -0.619. The zero-order valence-corrected chi connectivity index (χ0v) is 8.53. The van der Waals surface area contributed by atoms with Crippen molar-refractivity contribution >= 4 is 15.9 Å². The molecule has 1 radical (unpaired) electrons. The van der Waals surface area contributed by atoms with Crippen LogP contribution in [0.25, 0.3) is 0 Å². The van der Waals surface area contributed by atoms with Crippen molar-refractivity contribution in [3.63, 3.8) is 0 Å². The highest BCUT2D eigenvalue weighted by Gasteiger charge is 2.33. The molecule has 1 aliphatic heterocycles. The van der Waals surface area contributed by atoms with E-state index in [1.807, 2.05) is 6.42 Å². The molecular weight excluding hydrogens is 204 g/mol. The van der Waals surface area contributed by atoms with Gasteiger partial charge < -0.3 is 5.73 Å². The molecule has 0 aromatic carbocycles. The van der Waals surface area contributed by atoms with E-state index in [0.29, 0.717) is 19.4 Å². The number of nitrogens with zero attached hydrogens (tertiary/aromatic N) is 1. The smallest absolute Gasteiger partial charge is 0.236 e. The molecule has 1 saturated heterocycles. The SMILES string of the molecule is C=CS(=O)(=O)N1CC[CH]CC1C(N)=O. The summed E-state index contributed by atoms with van der Waals surface area (Å²) < 4.78 is 24.0. The second kappa shape index (κ2) is 4.10. The molecular formula is C8H13N2O3S. The van der Waals surface area contributed by atoms with Crippen molar-refractivity contribution in [3.8, 4) is 0 Å². The van der Waals surface area contributed by atoms with Crippen molar-refractivity contribution in [1.82, 2.24) is 4.31 Å². The maximum Gasteiger partial charge on any atom is 0.236 e. The van der Waals surface area contributed by atoms with Crippen LogP contribution in [0.2, 0.25) is 0 Å². The fourth-order valence-corrected chi connectivity index (χ4v) is 2.52. The van der Waals surface area contributed by atoms with E-state index in [2.05, 4.69) is 6.58 Å². The van der Waals surface area contributed by atoms with Gasteiger partial charge in [-0.15, -0.1) is 0 Å². The van der Waals surface area contributed by atoms with Crippen LogP contribution in [0.5, 0.6) is 0 Å². The lowest BCUT2D eigenvalue weighted by atomic mass is 10.0. The average Bonchev–Trinajstić information content (AvgIpc) is 2.18. The van der Waals surface area contributed by atoms with Crippen LogP contribution in [0.15, 0.2) is 12.0 Å². The minimum Gasteiger partial charge on any atom is -0.368 e. The molecule has 79 valence electrons. The average molecular weight is 217 g/mol. The van der Waals surface area contributed by atoms with Crippen LogP contribution in [0.1, 0.15) is 12.8 Å². The fourth-order valence-electron chi connectivity index (χ4n) is 1.43. The Bertz CT molecular complexity index is 336. The van der Waals surface area contributed by atoms with Gasteiger partial charge in [0.1, 0.15) is 6.04 Å². The van der Waals surface area contributed by atoms with Crippen LogP contribution in [-0.4, -0.2) is 31.2 Å². The second-order valence-electron chi connectivity index (χ2n) is 3.05. The van der Waals surface area contributed by atoms with Crippen LogP contribution in [0.4, 0.5) is 0 Å². The lowest BCUT2D eigenvalue weighted by Gasteiger charge is -2.31. The van der Waals surface area contributed by atoms with Crippen molar-refractivity contribution < 1.29 is 13.2 Å². The standard InChI is InChI=1S/C8H13N2O3S/c1-2-14(12,13)10-6-4-3-5-7(10)8(9)11/h2-3,7H,1,4-6H2,(H2,9,11). The number of amides is 1. The van der Waals surface area contributed by atoms with Gasteiger partial charge in [0.05, 0.1) is 0 Å². The maximum absolute atomic E-state index is 11.5. The molecule has 0 saturated carbocycles. The second-order valence-corrected chi connectivity index (χ2v) is 4.89. The Balaban J connectivity index is 2.94. The van der Waals surface area contributed by atoms with Crippen molar-refractivity contribution in [2.24, 2.45) is 5.73 Å². The van der Waals surface area contributed by atoms with E-state index in [0.717, 1.165) is 9.71 Å². The molecule has 2 N–H and O–H groups in total. The molecule has 0 aromatic rings. The molecule has 1 heterocycles. The number of rotatable bonds is 3. The predicted octanol–water partition coefficient (Wildman–Crippen LogP) is -0.386. The first kappa shape index (κ1) is 11.2. The third-order valence-electron chi connectivity index (χ3n) is 2.16. The molecule has 6 heteroatoms. The molecule has 1 atom stereocenters. The third-order valence-corrected chi connectivity index (χ3v) is 3.67. The van der Waals surface area contributed by atoms with E-state index in [1.165, 1.54) is 0 Å². The minimum atomic E-state index is -3.54. The summed E-state index contributed by atoms with van der Waals surface area (Å²) in [5, 5.41) is 0.842. The third kappa shape index (κ3) is 2.13. The largest absolute Gasteiger partial charge is 0.368 e. The quantitative estimate of drug-likeness (QED) is 0.699. The molecule has 0 aliphatic carbocycles. The molecule has 0 bridgehead atoms. The van der Waals surface area contributed by atoms with E-state index in [-0.39, 0.29) is 0 Å². The zero-order valence-electron chi connectivity index (χ0n) is 7.72. The number of sulfonamides is 1. The molecule has 1 amide bonds. The molecule has 1 rings (SSSR count). The summed E-state index contributed by atoms with van der Waals surface area (Å²) in [5.41, 5.74) is 5.11. The first-order chi connectivity index (χ1) is 6.49. The van der Waals surface area contributed by atoms with Gasteiger partial charge in [-0.25, -0.2) is 8.42 Å². The van der Waals surface area contributed by atoms with E-state index in [4.69, 9.17) is 5.73 Å². The van der Waals surface area contributed by atoms with Gasteiger partial charge in [0, 0.05) is 12.0 Å². The normalized spacial score (nSPS) is 24.4. The van der Waals surface area contributed by atoms with E-state index in [1.54, 1.807) is 0 Å². The Labute approximate surface area is 83.6 Å². The Kier molecular flexibility index (Phi) is 3.28. The van der Waals surface area contributed by atoms with Crippen molar-refractivity contribution in [2.75, 3.05) is 6.54 Å². The van der Waals surface area contributed by atoms with Crippen LogP contribution >= 0.6 is 0 Å². The Morgan fingerprint density at radius 2 is 2.29 bits per heavy atom. The number of hydrogen-bond donors (Lipinski definition) is 1. The van der Waals surface area contributed by atoms with Crippen LogP contribution in [-0.2, 0) is 14.8 Å². The van der Waals surface area contributed by atoms with Gasteiger partial charge in [-0.05, 0) is 19.3 Å². The number of piperidine rings is 1. The fraction of sp³-hybridized carbons (Fsp3) is 0.500. The Morgan fingerprint density at radius 3 is 2.79 bits per heavy atom. The molecule has 0 aromatic heterocycles. The highest BCUT2D eigenvalue weighted by atomic mass is 32.2. The van der Waals surface area contributed by atoms with Gasteiger partial charge in [-0.1, -0.05) is 6.58 Å². The van der Waals surface area contributed by atoms with Crippen molar-refractivity contribution in [3.05, 3.63) is 18.4 Å². The van der Waals surface area contributed by atoms with Crippen molar-refractivity contribution in [2.45, 2.75) is 18.9 Å². The van der Waals surface area contributed by atoms with Gasteiger partial charge >= 0.3 is 0 Å². The molecule has 1 unspecified atom stereocenters. The molecule has 0 spiro atoms. The topological polar surface area (TPSA) is 80.5 Å². The Morgan fingerprint density at radius 1 is 1.64 bits per heavy atom.